The molecule has 8 heteroatoms. The van der Waals surface area contributed by atoms with Crippen LogP contribution in [0.2, 0.25) is 0 Å². The van der Waals surface area contributed by atoms with E-state index in [-0.39, 0.29) is 29.8 Å². The fourth-order valence-electron chi connectivity index (χ4n) is 4.35. The second-order valence-electron chi connectivity index (χ2n) is 8.69. The maximum Gasteiger partial charge on any atom is 0.276 e. The maximum absolute atomic E-state index is 13.4. The number of nitrogens with one attached hydrogen (secondary N) is 2. The summed E-state index contributed by atoms with van der Waals surface area (Å²) in [7, 11) is 0. The van der Waals surface area contributed by atoms with Crippen LogP contribution in [0.15, 0.2) is 83.7 Å². The summed E-state index contributed by atoms with van der Waals surface area (Å²) < 4.78 is 6.87. The second kappa shape index (κ2) is 10.5. The molecule has 2 heterocycles. The molecule has 1 aliphatic heterocycles. The predicted octanol–water partition coefficient (Wildman–Crippen LogP) is 3.61. The lowest BCUT2D eigenvalue weighted by Gasteiger charge is -2.15. The zero-order valence-corrected chi connectivity index (χ0v) is 19.6. The Morgan fingerprint density at radius 2 is 1.64 bits per heavy atom. The van der Waals surface area contributed by atoms with Gasteiger partial charge < -0.3 is 15.4 Å². The molecule has 0 bridgehead atoms. The molecular formula is C28H26N4O4. The van der Waals surface area contributed by atoms with Gasteiger partial charge >= 0.3 is 0 Å². The van der Waals surface area contributed by atoms with Crippen molar-refractivity contribution in [2.24, 2.45) is 0 Å². The van der Waals surface area contributed by atoms with Crippen molar-refractivity contribution in [2.75, 3.05) is 18.5 Å². The van der Waals surface area contributed by atoms with E-state index in [4.69, 9.17) is 4.74 Å². The lowest BCUT2D eigenvalue weighted by Crippen LogP contribution is -2.32. The highest BCUT2D eigenvalue weighted by molar-refractivity contribution is 6.13. The number of anilines is 1. The molecule has 1 atom stereocenters. The number of fused-ring (bicyclic) bond motifs is 1. The third-order valence-corrected chi connectivity index (χ3v) is 6.19. The summed E-state index contributed by atoms with van der Waals surface area (Å²) in [6.45, 7) is 1.35. The van der Waals surface area contributed by atoms with Gasteiger partial charge in [0.1, 0.15) is 0 Å². The number of benzene rings is 3. The van der Waals surface area contributed by atoms with Crippen molar-refractivity contribution >= 4 is 28.3 Å². The van der Waals surface area contributed by atoms with E-state index in [2.05, 4.69) is 15.7 Å². The van der Waals surface area contributed by atoms with Gasteiger partial charge in [0.15, 0.2) is 5.69 Å². The summed E-state index contributed by atoms with van der Waals surface area (Å²) in [6, 6.07) is 23.2. The molecule has 3 aromatic carbocycles. The number of hydrogen-bond donors (Lipinski definition) is 2. The summed E-state index contributed by atoms with van der Waals surface area (Å²) in [5.74, 6) is -0.805. The maximum atomic E-state index is 13.4. The first-order valence-electron chi connectivity index (χ1n) is 11.9. The molecule has 2 amide bonds. The minimum Gasteiger partial charge on any atom is -0.376 e. The van der Waals surface area contributed by atoms with Crippen LogP contribution in [-0.2, 0) is 11.3 Å². The zero-order valence-electron chi connectivity index (χ0n) is 19.6. The zero-order chi connectivity index (χ0) is 24.9. The molecule has 4 aromatic rings. The Morgan fingerprint density at radius 3 is 2.42 bits per heavy atom. The van der Waals surface area contributed by atoms with Gasteiger partial charge in [0.05, 0.1) is 29.3 Å². The molecule has 1 fully saturated rings. The van der Waals surface area contributed by atoms with Crippen molar-refractivity contribution < 1.29 is 14.3 Å². The Balaban J connectivity index is 1.44. The Labute approximate surface area is 207 Å². The molecule has 0 saturated carbocycles. The molecule has 0 aliphatic carbocycles. The van der Waals surface area contributed by atoms with Gasteiger partial charge in [-0.05, 0) is 36.6 Å². The summed E-state index contributed by atoms with van der Waals surface area (Å²) in [4.78, 5) is 39.4. The van der Waals surface area contributed by atoms with Crippen molar-refractivity contribution in [3.63, 3.8) is 0 Å². The van der Waals surface area contributed by atoms with Crippen LogP contribution in [0.5, 0.6) is 0 Å². The van der Waals surface area contributed by atoms with Crippen LogP contribution < -0.4 is 16.2 Å². The smallest absolute Gasteiger partial charge is 0.276 e. The molecule has 0 spiro atoms. The summed E-state index contributed by atoms with van der Waals surface area (Å²) in [5, 5.41) is 11.0. The summed E-state index contributed by atoms with van der Waals surface area (Å²) in [6.07, 6.45) is 1.91. The van der Waals surface area contributed by atoms with Crippen molar-refractivity contribution in [2.45, 2.75) is 25.5 Å². The topological polar surface area (TPSA) is 102 Å². The highest BCUT2D eigenvalue weighted by Gasteiger charge is 2.21. The van der Waals surface area contributed by atoms with E-state index in [1.54, 1.807) is 48.5 Å². The Hall–Kier alpha value is -4.30. The van der Waals surface area contributed by atoms with E-state index in [0.29, 0.717) is 35.2 Å². The van der Waals surface area contributed by atoms with Crippen molar-refractivity contribution in [3.05, 3.63) is 106 Å². The molecule has 1 unspecified atom stereocenters. The number of hydrogen-bond acceptors (Lipinski definition) is 5. The normalized spacial score (nSPS) is 15.1. The molecule has 8 nitrogen and oxygen atoms in total. The Kier molecular flexibility index (Phi) is 6.86. The molecule has 182 valence electrons. The number of amides is 2. The molecule has 0 radical (unpaired) electrons. The van der Waals surface area contributed by atoms with Gasteiger partial charge in [-0.2, -0.15) is 5.10 Å². The first-order chi connectivity index (χ1) is 17.6. The number of nitrogens with zero attached hydrogens (tertiary/aromatic N) is 2. The van der Waals surface area contributed by atoms with Gasteiger partial charge in [-0.1, -0.05) is 60.7 Å². The lowest BCUT2D eigenvalue weighted by atomic mass is 10.1. The molecule has 5 rings (SSSR count). The average molecular weight is 483 g/mol. The van der Waals surface area contributed by atoms with Crippen molar-refractivity contribution in [1.82, 2.24) is 15.1 Å². The molecular weight excluding hydrogens is 456 g/mol. The number of aromatic nitrogens is 2. The number of para-hydroxylation sites is 1. The van der Waals surface area contributed by atoms with E-state index in [9.17, 15) is 14.4 Å². The Bertz CT molecular complexity index is 1460. The van der Waals surface area contributed by atoms with Crippen LogP contribution in [0.1, 0.15) is 39.3 Å². The number of ether oxygens (including phenoxy) is 1. The van der Waals surface area contributed by atoms with Crippen LogP contribution in [0.25, 0.3) is 10.8 Å². The standard InChI is InChI=1S/C28H26N4O4/c33-26(29-17-20-11-8-16-36-20)23-14-6-7-15-24(23)30-27(34)25-21-12-4-5-13-22(21)28(35)32(31-25)18-19-9-2-1-3-10-19/h1-7,9-10,12-15,20H,8,11,16-18H2,(H,29,33)(H,30,34). The first kappa shape index (κ1) is 23.4. The number of rotatable bonds is 7. The van der Waals surface area contributed by atoms with Gasteiger partial charge in [0.2, 0.25) is 0 Å². The van der Waals surface area contributed by atoms with E-state index in [1.807, 2.05) is 30.3 Å². The predicted molar refractivity (Wildman–Crippen MR) is 137 cm³/mol. The summed E-state index contributed by atoms with van der Waals surface area (Å²) in [5.41, 5.74) is 1.42. The third-order valence-electron chi connectivity index (χ3n) is 6.19. The van der Waals surface area contributed by atoms with Gasteiger partial charge in [-0.25, -0.2) is 4.68 Å². The van der Waals surface area contributed by atoms with Crippen LogP contribution in [0.3, 0.4) is 0 Å². The first-order valence-corrected chi connectivity index (χ1v) is 11.9. The number of carbonyl (C=O) groups is 2. The molecule has 2 N–H and O–H groups in total. The second-order valence-corrected chi connectivity index (χ2v) is 8.69. The number of carbonyl (C=O) groups excluding carboxylic acids is 2. The Morgan fingerprint density at radius 1 is 0.917 bits per heavy atom. The SMILES string of the molecule is O=C(NCC1CCCO1)c1ccccc1NC(=O)c1nn(Cc2ccccc2)c(=O)c2ccccc12. The third kappa shape index (κ3) is 5.04. The van der Waals surface area contributed by atoms with E-state index in [1.165, 1.54) is 4.68 Å². The quantitative estimate of drug-likeness (QED) is 0.419. The van der Waals surface area contributed by atoms with Crippen LogP contribution in [0, 0.1) is 0 Å². The molecule has 1 saturated heterocycles. The minimum atomic E-state index is -0.507. The lowest BCUT2D eigenvalue weighted by molar-refractivity contribution is 0.0858. The van der Waals surface area contributed by atoms with Gasteiger partial charge in [0, 0.05) is 18.5 Å². The van der Waals surface area contributed by atoms with Gasteiger partial charge in [-0.15, -0.1) is 0 Å². The largest absolute Gasteiger partial charge is 0.376 e. The van der Waals surface area contributed by atoms with E-state index < -0.39 is 5.91 Å². The van der Waals surface area contributed by atoms with Gasteiger partial charge in [-0.3, -0.25) is 14.4 Å². The van der Waals surface area contributed by atoms with E-state index in [0.717, 1.165) is 18.4 Å². The molecule has 36 heavy (non-hydrogen) atoms. The van der Waals surface area contributed by atoms with Crippen LogP contribution in [-0.4, -0.2) is 40.9 Å². The minimum absolute atomic E-state index is 0.0110. The van der Waals surface area contributed by atoms with Crippen molar-refractivity contribution in [1.29, 1.82) is 0 Å². The van der Waals surface area contributed by atoms with Crippen LogP contribution >= 0.6 is 0 Å². The highest BCUT2D eigenvalue weighted by Crippen LogP contribution is 2.19. The van der Waals surface area contributed by atoms with Gasteiger partial charge in [0.25, 0.3) is 17.4 Å². The fourth-order valence-corrected chi connectivity index (χ4v) is 4.35. The van der Waals surface area contributed by atoms with Crippen LogP contribution in [0.4, 0.5) is 5.69 Å². The summed E-state index contributed by atoms with van der Waals surface area (Å²) >= 11 is 0. The fraction of sp³-hybridized carbons (Fsp3) is 0.214. The molecule has 1 aliphatic rings. The monoisotopic (exact) mass is 482 g/mol. The van der Waals surface area contributed by atoms with E-state index >= 15 is 0 Å². The average Bonchev–Trinajstić information content (AvgIpc) is 3.44. The molecule has 1 aromatic heterocycles. The highest BCUT2D eigenvalue weighted by atomic mass is 16.5. The van der Waals surface area contributed by atoms with Crippen molar-refractivity contribution in [3.8, 4) is 0 Å².